The molecule has 6 nitrogen and oxygen atoms in total. The van der Waals surface area contributed by atoms with E-state index in [1.54, 1.807) is 0 Å². The molecule has 0 aliphatic carbocycles. The number of hydrogen-bond donors (Lipinski definition) is 2. The van der Waals surface area contributed by atoms with Gasteiger partial charge in [-0.1, -0.05) is 11.6 Å². The lowest BCUT2D eigenvalue weighted by atomic mass is 10.2. The summed E-state index contributed by atoms with van der Waals surface area (Å²) in [5.74, 6) is -0.907. The summed E-state index contributed by atoms with van der Waals surface area (Å²) in [6, 6.07) is 5.99. The predicted molar refractivity (Wildman–Crippen MR) is 69.3 cm³/mol. The number of ether oxygens (including phenoxy) is 1. The molecule has 0 unspecified atom stereocenters. The number of carbonyl (C=O) groups excluding carboxylic acids is 2. The quantitative estimate of drug-likeness (QED) is 0.843. The van der Waals surface area contributed by atoms with Gasteiger partial charge in [-0.2, -0.15) is 5.10 Å². The number of anilines is 1. The summed E-state index contributed by atoms with van der Waals surface area (Å²) in [7, 11) is 1.27. The first kappa shape index (κ1) is 13.1. The van der Waals surface area contributed by atoms with Crippen molar-refractivity contribution in [3.05, 3.63) is 46.7 Å². The van der Waals surface area contributed by atoms with Gasteiger partial charge in [0.15, 0.2) is 0 Å². The summed E-state index contributed by atoms with van der Waals surface area (Å²) in [5, 5.41) is 9.13. The Kier molecular flexibility index (Phi) is 3.82. The average Bonchev–Trinajstić information content (AvgIpc) is 2.91. The summed E-state index contributed by atoms with van der Waals surface area (Å²) < 4.78 is 4.60. The molecule has 1 amide bonds. The minimum absolute atomic E-state index is 0.259. The lowest BCUT2D eigenvalue weighted by Crippen LogP contribution is -2.13. The fourth-order valence-corrected chi connectivity index (χ4v) is 1.71. The van der Waals surface area contributed by atoms with Gasteiger partial charge in [0.1, 0.15) is 5.69 Å². The molecule has 0 saturated heterocycles. The highest BCUT2D eigenvalue weighted by atomic mass is 35.5. The maximum atomic E-state index is 11.8. The molecule has 0 spiro atoms. The summed E-state index contributed by atoms with van der Waals surface area (Å²) in [6.07, 6.45) is 1.47. The molecule has 2 rings (SSSR count). The highest BCUT2D eigenvalue weighted by molar-refractivity contribution is 6.31. The zero-order chi connectivity index (χ0) is 13.8. The van der Waals surface area contributed by atoms with Crippen LogP contribution in [0.15, 0.2) is 30.5 Å². The Balaban J connectivity index is 2.23. The maximum Gasteiger partial charge on any atom is 0.337 e. The minimum Gasteiger partial charge on any atom is -0.465 e. The number of amides is 1. The van der Waals surface area contributed by atoms with Crippen molar-refractivity contribution < 1.29 is 14.3 Å². The van der Waals surface area contributed by atoms with Crippen LogP contribution in [0.1, 0.15) is 20.8 Å². The number of nitrogens with zero attached hydrogens (tertiary/aromatic N) is 1. The second kappa shape index (κ2) is 5.53. The molecule has 0 saturated carbocycles. The Morgan fingerprint density at radius 1 is 1.37 bits per heavy atom. The number of aromatic nitrogens is 2. The van der Waals surface area contributed by atoms with Crippen molar-refractivity contribution in [2.24, 2.45) is 0 Å². The van der Waals surface area contributed by atoms with E-state index < -0.39 is 5.97 Å². The molecule has 0 fully saturated rings. The molecular formula is C12H10ClN3O3. The van der Waals surface area contributed by atoms with Gasteiger partial charge in [0.05, 0.1) is 12.7 Å². The van der Waals surface area contributed by atoms with Crippen LogP contribution in [0, 0.1) is 0 Å². The third-order valence-electron chi connectivity index (χ3n) is 2.32. The van der Waals surface area contributed by atoms with Crippen LogP contribution in [0.25, 0.3) is 0 Å². The van der Waals surface area contributed by atoms with E-state index in [0.29, 0.717) is 16.4 Å². The van der Waals surface area contributed by atoms with Crippen LogP contribution in [0.3, 0.4) is 0 Å². The van der Waals surface area contributed by atoms with E-state index in [-0.39, 0.29) is 11.5 Å². The van der Waals surface area contributed by atoms with Crippen LogP contribution in [-0.4, -0.2) is 29.2 Å². The number of carbonyl (C=O) groups is 2. The van der Waals surface area contributed by atoms with Crippen molar-refractivity contribution >= 4 is 29.2 Å². The normalized spacial score (nSPS) is 10.0. The van der Waals surface area contributed by atoms with Crippen LogP contribution in [0.4, 0.5) is 5.69 Å². The standard InChI is InChI=1S/C12H10ClN3O3/c1-19-12(18)7-4-8(13)6-9(5-7)15-11(17)10-2-3-14-16-10/h2-6H,1H3,(H,14,16)(H,15,17). The molecule has 0 aliphatic heterocycles. The van der Waals surface area contributed by atoms with Crippen molar-refractivity contribution in [1.29, 1.82) is 0 Å². The van der Waals surface area contributed by atoms with Gasteiger partial charge in [-0.3, -0.25) is 9.89 Å². The first-order valence-corrected chi connectivity index (χ1v) is 5.67. The van der Waals surface area contributed by atoms with Gasteiger partial charge in [-0.15, -0.1) is 0 Å². The van der Waals surface area contributed by atoms with E-state index in [2.05, 4.69) is 20.3 Å². The van der Waals surface area contributed by atoms with E-state index in [0.717, 1.165) is 0 Å². The zero-order valence-electron chi connectivity index (χ0n) is 9.94. The van der Waals surface area contributed by atoms with Crippen molar-refractivity contribution in [3.8, 4) is 0 Å². The molecule has 0 aliphatic rings. The minimum atomic E-state index is -0.528. The van der Waals surface area contributed by atoms with Gasteiger partial charge >= 0.3 is 5.97 Å². The molecule has 0 atom stereocenters. The van der Waals surface area contributed by atoms with E-state index >= 15 is 0 Å². The van der Waals surface area contributed by atoms with Gasteiger partial charge in [-0.25, -0.2) is 4.79 Å². The Bertz CT molecular complexity index is 611. The van der Waals surface area contributed by atoms with Gasteiger partial charge in [0, 0.05) is 16.9 Å². The van der Waals surface area contributed by atoms with Crippen LogP contribution >= 0.6 is 11.6 Å². The Labute approximate surface area is 113 Å². The molecule has 1 heterocycles. The molecule has 1 aromatic heterocycles. The second-order valence-electron chi connectivity index (χ2n) is 3.64. The second-order valence-corrected chi connectivity index (χ2v) is 4.08. The monoisotopic (exact) mass is 279 g/mol. The van der Waals surface area contributed by atoms with Gasteiger partial charge in [-0.05, 0) is 24.3 Å². The number of nitrogens with one attached hydrogen (secondary N) is 2. The van der Waals surface area contributed by atoms with Gasteiger partial charge < -0.3 is 10.1 Å². The van der Waals surface area contributed by atoms with Crippen LogP contribution in [0.5, 0.6) is 0 Å². The fourth-order valence-electron chi connectivity index (χ4n) is 1.48. The number of aromatic amines is 1. The van der Waals surface area contributed by atoms with Crippen LogP contribution < -0.4 is 5.32 Å². The molecule has 2 aromatic rings. The van der Waals surface area contributed by atoms with E-state index in [9.17, 15) is 9.59 Å². The molecular weight excluding hydrogens is 270 g/mol. The summed E-state index contributed by atoms with van der Waals surface area (Å²) in [4.78, 5) is 23.2. The number of rotatable bonds is 3. The van der Waals surface area contributed by atoms with Gasteiger partial charge in [0.25, 0.3) is 5.91 Å². The van der Waals surface area contributed by atoms with Gasteiger partial charge in [0.2, 0.25) is 0 Å². The van der Waals surface area contributed by atoms with Crippen molar-refractivity contribution in [2.45, 2.75) is 0 Å². The van der Waals surface area contributed by atoms with E-state index in [1.807, 2.05) is 0 Å². The molecule has 0 bridgehead atoms. The molecule has 98 valence electrons. The van der Waals surface area contributed by atoms with Crippen molar-refractivity contribution in [2.75, 3.05) is 12.4 Å². The number of halogens is 1. The summed E-state index contributed by atoms with van der Waals surface area (Å²) in [6.45, 7) is 0. The number of methoxy groups -OCH3 is 1. The van der Waals surface area contributed by atoms with Crippen LogP contribution in [-0.2, 0) is 4.74 Å². The Morgan fingerprint density at radius 2 is 2.16 bits per heavy atom. The SMILES string of the molecule is COC(=O)c1cc(Cl)cc(NC(=O)c2ccn[nH]2)c1. The molecule has 0 radical (unpaired) electrons. The van der Waals surface area contributed by atoms with E-state index in [4.69, 9.17) is 11.6 Å². The topological polar surface area (TPSA) is 84.1 Å². The largest absolute Gasteiger partial charge is 0.465 e. The summed E-state index contributed by atoms with van der Waals surface area (Å²) >= 11 is 5.88. The highest BCUT2D eigenvalue weighted by Gasteiger charge is 2.11. The first-order valence-electron chi connectivity index (χ1n) is 5.30. The molecule has 7 heteroatoms. The average molecular weight is 280 g/mol. The maximum absolute atomic E-state index is 11.8. The molecule has 1 aromatic carbocycles. The summed E-state index contributed by atoms with van der Waals surface area (Å²) in [5.41, 5.74) is 0.960. The van der Waals surface area contributed by atoms with Crippen molar-refractivity contribution in [3.63, 3.8) is 0 Å². The number of esters is 1. The fraction of sp³-hybridized carbons (Fsp3) is 0.0833. The highest BCUT2D eigenvalue weighted by Crippen LogP contribution is 2.20. The van der Waals surface area contributed by atoms with Crippen LogP contribution in [0.2, 0.25) is 5.02 Å². The number of benzene rings is 1. The number of H-pyrrole nitrogens is 1. The van der Waals surface area contributed by atoms with E-state index in [1.165, 1.54) is 37.6 Å². The zero-order valence-corrected chi connectivity index (χ0v) is 10.7. The Morgan fingerprint density at radius 3 is 2.79 bits per heavy atom. The lowest BCUT2D eigenvalue weighted by molar-refractivity contribution is 0.0600. The molecule has 2 N–H and O–H groups in total. The predicted octanol–water partition coefficient (Wildman–Crippen LogP) is 2.10. The van der Waals surface area contributed by atoms with Crippen molar-refractivity contribution in [1.82, 2.24) is 10.2 Å². The third-order valence-corrected chi connectivity index (χ3v) is 2.54. The third kappa shape index (κ3) is 3.11. The lowest BCUT2D eigenvalue weighted by Gasteiger charge is -2.06. The first-order chi connectivity index (χ1) is 9.10. The number of hydrogen-bond acceptors (Lipinski definition) is 4. The Hall–Kier alpha value is -2.34. The molecule has 19 heavy (non-hydrogen) atoms. The smallest absolute Gasteiger partial charge is 0.337 e.